The summed E-state index contributed by atoms with van der Waals surface area (Å²) < 4.78 is 41.7. The van der Waals surface area contributed by atoms with Crippen molar-refractivity contribution in [1.82, 2.24) is 14.8 Å². The van der Waals surface area contributed by atoms with Crippen molar-refractivity contribution in [1.29, 1.82) is 0 Å². The molecule has 28 heavy (non-hydrogen) atoms. The first-order valence-corrected chi connectivity index (χ1v) is 9.47. The van der Waals surface area contributed by atoms with Crippen molar-refractivity contribution in [2.75, 3.05) is 10.6 Å². The largest absolute Gasteiger partial charge is 0.410 e. The smallest absolute Gasteiger partial charge is 0.363 e. The molecule has 6 nitrogen and oxygen atoms in total. The van der Waals surface area contributed by atoms with Gasteiger partial charge in [0.1, 0.15) is 5.82 Å². The van der Waals surface area contributed by atoms with Gasteiger partial charge in [-0.2, -0.15) is 18.3 Å². The van der Waals surface area contributed by atoms with E-state index in [0.29, 0.717) is 0 Å². The average molecular weight is 428 g/mol. The van der Waals surface area contributed by atoms with Crippen molar-refractivity contribution >= 4 is 40.4 Å². The van der Waals surface area contributed by atoms with Crippen LogP contribution in [0.4, 0.5) is 24.7 Å². The predicted molar refractivity (Wildman–Crippen MR) is 99.8 cm³/mol. The minimum atomic E-state index is -4.50. The fraction of sp³-hybridized carbons (Fsp3) is 0.235. The maximum atomic E-state index is 13.6. The van der Waals surface area contributed by atoms with Crippen molar-refractivity contribution < 1.29 is 18.0 Å². The second-order valence-corrected chi connectivity index (χ2v) is 7.50. The lowest BCUT2D eigenvalue weighted by molar-refractivity contribution is -0.173. The van der Waals surface area contributed by atoms with Crippen LogP contribution < -0.4 is 10.6 Å². The number of rotatable bonds is 3. The van der Waals surface area contributed by atoms with Gasteiger partial charge in [-0.3, -0.25) is 4.79 Å². The Morgan fingerprint density at radius 2 is 2.18 bits per heavy atom. The number of amides is 1. The topological polar surface area (TPSA) is 71.8 Å². The van der Waals surface area contributed by atoms with Gasteiger partial charge in [0.25, 0.3) is 5.91 Å². The minimum absolute atomic E-state index is 0.0730. The molecule has 4 heterocycles. The third kappa shape index (κ3) is 3.57. The first kappa shape index (κ1) is 18.8. The molecule has 0 radical (unpaired) electrons. The lowest BCUT2D eigenvalue weighted by atomic mass is 10.0. The highest BCUT2D eigenvalue weighted by Crippen LogP contribution is 2.44. The number of carbonyl (C=O) groups is 1. The van der Waals surface area contributed by atoms with Crippen LogP contribution in [0.1, 0.15) is 33.9 Å². The molecule has 1 aliphatic rings. The average Bonchev–Trinajstić information content (AvgIpc) is 3.31. The lowest BCUT2D eigenvalue weighted by Crippen LogP contribution is -2.35. The molecule has 0 aliphatic carbocycles. The Balaban J connectivity index is 1.65. The van der Waals surface area contributed by atoms with E-state index in [2.05, 4.69) is 20.7 Å². The van der Waals surface area contributed by atoms with Crippen LogP contribution in [0.5, 0.6) is 0 Å². The van der Waals surface area contributed by atoms with Crippen LogP contribution in [0.25, 0.3) is 0 Å². The Morgan fingerprint density at radius 3 is 2.86 bits per heavy atom. The molecule has 0 bridgehead atoms. The van der Waals surface area contributed by atoms with Crippen LogP contribution in [0.15, 0.2) is 41.9 Å². The normalized spacial score (nSPS) is 19.0. The Kier molecular flexibility index (Phi) is 4.76. The first-order valence-electron chi connectivity index (χ1n) is 8.21. The second-order valence-electron chi connectivity index (χ2n) is 6.16. The molecule has 0 spiro atoms. The number of aromatic nitrogens is 3. The van der Waals surface area contributed by atoms with Crippen LogP contribution in [0.2, 0.25) is 5.15 Å². The lowest BCUT2D eigenvalue weighted by Gasteiger charge is -2.32. The zero-order chi connectivity index (χ0) is 19.9. The molecular formula is C17H13ClF3N5OS. The van der Waals surface area contributed by atoms with Gasteiger partial charge < -0.3 is 10.6 Å². The number of pyridine rings is 1. The fourth-order valence-electron chi connectivity index (χ4n) is 3.03. The number of nitrogens with zero attached hydrogens (tertiary/aromatic N) is 3. The highest BCUT2D eigenvalue weighted by atomic mass is 35.5. The summed E-state index contributed by atoms with van der Waals surface area (Å²) in [4.78, 5) is 17.1. The van der Waals surface area contributed by atoms with E-state index in [1.165, 1.54) is 29.7 Å². The second kappa shape index (κ2) is 7.10. The van der Waals surface area contributed by atoms with Crippen LogP contribution >= 0.6 is 22.9 Å². The molecule has 3 aromatic rings. The quantitative estimate of drug-likeness (QED) is 0.583. The summed E-state index contributed by atoms with van der Waals surface area (Å²) >= 11 is 7.28. The molecule has 1 aliphatic heterocycles. The molecular weight excluding hydrogens is 415 g/mol. The number of hydrogen-bond donors (Lipinski definition) is 2. The summed E-state index contributed by atoms with van der Waals surface area (Å²) in [5.74, 6) is -0.540. The highest BCUT2D eigenvalue weighted by molar-refractivity contribution is 7.10. The Bertz CT molecular complexity index is 1000. The summed E-state index contributed by atoms with van der Waals surface area (Å²) in [5.41, 5.74) is 0.0976. The molecule has 3 aromatic heterocycles. The molecule has 0 aromatic carbocycles. The summed E-state index contributed by atoms with van der Waals surface area (Å²) in [7, 11) is 0. The maximum absolute atomic E-state index is 13.6. The Labute approximate surface area is 166 Å². The highest BCUT2D eigenvalue weighted by Gasteiger charge is 2.47. The van der Waals surface area contributed by atoms with Gasteiger partial charge in [0.2, 0.25) is 0 Å². The van der Waals surface area contributed by atoms with Gasteiger partial charge in [0.05, 0.1) is 11.7 Å². The van der Waals surface area contributed by atoms with E-state index >= 15 is 0 Å². The van der Waals surface area contributed by atoms with Crippen LogP contribution in [-0.4, -0.2) is 26.8 Å². The molecule has 2 atom stereocenters. The summed E-state index contributed by atoms with van der Waals surface area (Å²) in [5, 5.41) is 11.3. The monoisotopic (exact) mass is 427 g/mol. The molecule has 1 amide bonds. The van der Waals surface area contributed by atoms with Crippen molar-refractivity contribution in [2.24, 2.45) is 0 Å². The number of halogens is 4. The maximum Gasteiger partial charge on any atom is 0.410 e. The van der Waals surface area contributed by atoms with Crippen molar-refractivity contribution in [2.45, 2.75) is 24.7 Å². The predicted octanol–water partition coefficient (Wildman–Crippen LogP) is 4.91. The van der Waals surface area contributed by atoms with Crippen LogP contribution in [-0.2, 0) is 0 Å². The fourth-order valence-corrected chi connectivity index (χ4v) is 3.98. The number of fused-ring (bicyclic) bond motifs is 1. The standard InChI is InChI=1S/C17H13ClF3N5OS/c18-15-9(3-1-5-22-15)24-16(27)11-8-14-23-10(12-4-2-6-28-12)7-13(17(19,20)21)26(14)25-11/h1-6,8,10,13,23H,7H2,(H,24,27)/t10-,13+/m0/s1. The molecule has 0 unspecified atom stereocenters. The SMILES string of the molecule is O=C(Nc1cccnc1Cl)c1cc2n(n1)[C@@H](C(F)(F)F)C[C@@H](c1cccs1)N2. The Morgan fingerprint density at radius 1 is 1.36 bits per heavy atom. The van der Waals surface area contributed by atoms with Gasteiger partial charge >= 0.3 is 6.18 Å². The van der Waals surface area contributed by atoms with Crippen LogP contribution in [0.3, 0.4) is 0 Å². The molecule has 2 N–H and O–H groups in total. The minimum Gasteiger partial charge on any atom is -0.363 e. The summed E-state index contributed by atoms with van der Waals surface area (Å²) in [6.07, 6.45) is -3.26. The zero-order valence-electron chi connectivity index (χ0n) is 14.1. The van der Waals surface area contributed by atoms with Crippen molar-refractivity contribution in [3.63, 3.8) is 0 Å². The summed E-state index contributed by atoms with van der Waals surface area (Å²) in [6.45, 7) is 0. The molecule has 0 saturated carbocycles. The number of hydrogen-bond acceptors (Lipinski definition) is 5. The zero-order valence-corrected chi connectivity index (χ0v) is 15.6. The number of nitrogens with one attached hydrogen (secondary N) is 2. The third-order valence-electron chi connectivity index (χ3n) is 4.32. The van der Waals surface area contributed by atoms with E-state index < -0.39 is 24.2 Å². The van der Waals surface area contributed by atoms with E-state index in [1.54, 1.807) is 18.2 Å². The van der Waals surface area contributed by atoms with Crippen molar-refractivity contribution in [3.05, 3.63) is 57.6 Å². The molecule has 0 fully saturated rings. The number of anilines is 2. The van der Waals surface area contributed by atoms with Gasteiger partial charge in [0.15, 0.2) is 16.9 Å². The Hall–Kier alpha value is -2.59. The molecule has 146 valence electrons. The third-order valence-corrected chi connectivity index (χ3v) is 5.60. The number of carbonyl (C=O) groups excluding carboxylic acids is 1. The van der Waals surface area contributed by atoms with Gasteiger partial charge in [0, 0.05) is 23.6 Å². The van der Waals surface area contributed by atoms with Gasteiger partial charge in [-0.05, 0) is 23.6 Å². The van der Waals surface area contributed by atoms with Gasteiger partial charge in [-0.1, -0.05) is 17.7 Å². The van der Waals surface area contributed by atoms with E-state index in [9.17, 15) is 18.0 Å². The molecule has 4 rings (SSSR count). The van der Waals surface area contributed by atoms with E-state index in [0.717, 1.165) is 9.56 Å². The van der Waals surface area contributed by atoms with E-state index in [4.69, 9.17) is 11.6 Å². The first-order chi connectivity index (χ1) is 13.3. The van der Waals surface area contributed by atoms with E-state index in [1.807, 2.05) is 5.38 Å². The van der Waals surface area contributed by atoms with Crippen molar-refractivity contribution in [3.8, 4) is 0 Å². The van der Waals surface area contributed by atoms with Crippen LogP contribution in [0, 0.1) is 0 Å². The van der Waals surface area contributed by atoms with Gasteiger partial charge in [-0.25, -0.2) is 9.67 Å². The number of thiophene rings is 1. The summed E-state index contributed by atoms with van der Waals surface area (Å²) in [6, 6.07) is 5.63. The molecule has 11 heteroatoms. The van der Waals surface area contributed by atoms with Gasteiger partial charge in [-0.15, -0.1) is 11.3 Å². The van der Waals surface area contributed by atoms with E-state index in [-0.39, 0.29) is 28.8 Å². The molecule has 0 saturated heterocycles. The number of alkyl halides is 3.